The lowest BCUT2D eigenvalue weighted by atomic mass is 10.1. The normalized spacial score (nSPS) is 10.7. The Hall–Kier alpha value is -2.83. The average Bonchev–Trinajstić information content (AvgIpc) is 2.87. The van der Waals surface area contributed by atoms with Crippen LogP contribution >= 0.6 is 0 Å². The largest absolute Gasteiger partial charge is 0.334 e. The fourth-order valence-electron chi connectivity index (χ4n) is 2.48. The zero-order valence-corrected chi connectivity index (χ0v) is 16.0. The van der Waals surface area contributed by atoms with Gasteiger partial charge in [0.15, 0.2) is 0 Å². The minimum Gasteiger partial charge on any atom is -0.334 e. The zero-order chi connectivity index (χ0) is 19.3. The molecule has 7 heteroatoms. The van der Waals surface area contributed by atoms with Crippen molar-refractivity contribution in [3.05, 3.63) is 41.2 Å². The highest BCUT2D eigenvalue weighted by atomic mass is 16.2. The quantitative estimate of drug-likeness (QED) is 0.741. The summed E-state index contributed by atoms with van der Waals surface area (Å²) >= 11 is 0. The lowest BCUT2D eigenvalue weighted by Gasteiger charge is -2.13. The van der Waals surface area contributed by atoms with E-state index in [1.54, 1.807) is 16.9 Å². The number of aromatic nitrogens is 2. The second-order valence-corrected chi connectivity index (χ2v) is 6.86. The van der Waals surface area contributed by atoms with E-state index in [1.807, 2.05) is 46.9 Å². The molecule has 3 N–H and O–H groups in total. The SMILES string of the molecule is Cc1ccc(NC(=O)CC(C)C)cc1NC(=O)NCc1cnn(C)c1C. The Kier molecular flexibility index (Phi) is 6.38. The molecule has 0 aliphatic rings. The highest BCUT2D eigenvalue weighted by Gasteiger charge is 2.10. The summed E-state index contributed by atoms with van der Waals surface area (Å²) in [4.78, 5) is 24.1. The summed E-state index contributed by atoms with van der Waals surface area (Å²) in [6.07, 6.45) is 2.20. The van der Waals surface area contributed by atoms with Gasteiger partial charge in [-0.25, -0.2) is 4.79 Å². The maximum Gasteiger partial charge on any atom is 0.319 e. The molecule has 0 radical (unpaired) electrons. The van der Waals surface area contributed by atoms with Crippen LogP contribution < -0.4 is 16.0 Å². The molecule has 140 valence electrons. The number of urea groups is 1. The van der Waals surface area contributed by atoms with Crippen LogP contribution in [0.2, 0.25) is 0 Å². The number of anilines is 2. The van der Waals surface area contributed by atoms with E-state index in [2.05, 4.69) is 21.0 Å². The van der Waals surface area contributed by atoms with Crippen LogP contribution in [0.3, 0.4) is 0 Å². The first-order valence-electron chi connectivity index (χ1n) is 8.69. The van der Waals surface area contributed by atoms with Crippen LogP contribution in [0.4, 0.5) is 16.2 Å². The third-order valence-corrected chi connectivity index (χ3v) is 4.14. The number of benzene rings is 1. The molecule has 3 amide bonds. The second-order valence-electron chi connectivity index (χ2n) is 6.86. The van der Waals surface area contributed by atoms with Crippen molar-refractivity contribution in [3.8, 4) is 0 Å². The fourth-order valence-corrected chi connectivity index (χ4v) is 2.48. The molecule has 0 aliphatic heterocycles. The van der Waals surface area contributed by atoms with Crippen LogP contribution in [0, 0.1) is 19.8 Å². The van der Waals surface area contributed by atoms with Gasteiger partial charge < -0.3 is 16.0 Å². The molecule has 7 nitrogen and oxygen atoms in total. The number of nitrogens with zero attached hydrogens (tertiary/aromatic N) is 2. The van der Waals surface area contributed by atoms with E-state index in [4.69, 9.17) is 0 Å². The number of carbonyl (C=O) groups excluding carboxylic acids is 2. The number of hydrogen-bond donors (Lipinski definition) is 3. The van der Waals surface area contributed by atoms with Crippen molar-refractivity contribution in [3.63, 3.8) is 0 Å². The van der Waals surface area contributed by atoms with Crippen molar-refractivity contribution in [1.82, 2.24) is 15.1 Å². The Morgan fingerprint density at radius 1 is 1.19 bits per heavy atom. The van der Waals surface area contributed by atoms with Gasteiger partial charge in [0, 0.05) is 42.6 Å². The van der Waals surface area contributed by atoms with Crippen LogP contribution in [-0.2, 0) is 18.4 Å². The summed E-state index contributed by atoms with van der Waals surface area (Å²) in [5.74, 6) is 0.256. The van der Waals surface area contributed by atoms with E-state index in [1.165, 1.54) is 0 Å². The van der Waals surface area contributed by atoms with Crippen molar-refractivity contribution in [2.75, 3.05) is 10.6 Å². The van der Waals surface area contributed by atoms with Gasteiger partial charge in [0.25, 0.3) is 0 Å². The zero-order valence-electron chi connectivity index (χ0n) is 16.0. The number of aryl methyl sites for hydroxylation is 2. The molecule has 26 heavy (non-hydrogen) atoms. The molecular weight excluding hydrogens is 330 g/mol. The molecule has 0 spiro atoms. The molecule has 1 aromatic heterocycles. The van der Waals surface area contributed by atoms with Crippen LogP contribution in [0.1, 0.15) is 37.1 Å². The molecule has 0 unspecified atom stereocenters. The number of carbonyl (C=O) groups is 2. The van der Waals surface area contributed by atoms with Gasteiger partial charge in [-0.05, 0) is 37.5 Å². The predicted octanol–water partition coefficient (Wildman–Crippen LogP) is 3.34. The minimum atomic E-state index is -0.304. The lowest BCUT2D eigenvalue weighted by Crippen LogP contribution is -2.28. The predicted molar refractivity (Wildman–Crippen MR) is 103 cm³/mol. The Balaban J connectivity index is 1.97. The molecule has 0 saturated carbocycles. The van der Waals surface area contributed by atoms with Crippen LogP contribution in [0.15, 0.2) is 24.4 Å². The van der Waals surface area contributed by atoms with E-state index in [0.29, 0.717) is 30.3 Å². The molecule has 0 aliphatic carbocycles. The van der Waals surface area contributed by atoms with E-state index in [0.717, 1.165) is 16.8 Å². The highest BCUT2D eigenvalue weighted by molar-refractivity contribution is 5.94. The van der Waals surface area contributed by atoms with Crippen molar-refractivity contribution >= 4 is 23.3 Å². The molecule has 0 fully saturated rings. The van der Waals surface area contributed by atoms with Gasteiger partial charge in [0.05, 0.1) is 6.20 Å². The van der Waals surface area contributed by atoms with E-state index >= 15 is 0 Å². The molecule has 0 bridgehead atoms. The maximum absolute atomic E-state index is 12.2. The van der Waals surface area contributed by atoms with Gasteiger partial charge >= 0.3 is 6.03 Å². The molecule has 2 aromatic rings. The van der Waals surface area contributed by atoms with Crippen molar-refractivity contribution in [1.29, 1.82) is 0 Å². The summed E-state index contributed by atoms with van der Waals surface area (Å²) in [7, 11) is 1.86. The summed E-state index contributed by atoms with van der Waals surface area (Å²) in [5.41, 5.74) is 4.22. The first-order chi connectivity index (χ1) is 12.3. The van der Waals surface area contributed by atoms with Gasteiger partial charge in [-0.1, -0.05) is 19.9 Å². The molecule has 2 rings (SSSR count). The molecule has 1 heterocycles. The van der Waals surface area contributed by atoms with Gasteiger partial charge in [-0.2, -0.15) is 5.10 Å². The Morgan fingerprint density at radius 3 is 2.54 bits per heavy atom. The molecule has 0 saturated heterocycles. The maximum atomic E-state index is 12.2. The highest BCUT2D eigenvalue weighted by Crippen LogP contribution is 2.21. The number of hydrogen-bond acceptors (Lipinski definition) is 3. The fraction of sp³-hybridized carbons (Fsp3) is 0.421. The van der Waals surface area contributed by atoms with E-state index in [-0.39, 0.29) is 11.9 Å². The van der Waals surface area contributed by atoms with Gasteiger partial charge in [0.1, 0.15) is 0 Å². The topological polar surface area (TPSA) is 88.1 Å². The van der Waals surface area contributed by atoms with E-state index < -0.39 is 0 Å². The average molecular weight is 357 g/mol. The van der Waals surface area contributed by atoms with Crippen molar-refractivity contribution in [2.45, 2.75) is 40.7 Å². The monoisotopic (exact) mass is 357 g/mol. The number of rotatable bonds is 6. The lowest BCUT2D eigenvalue weighted by molar-refractivity contribution is -0.116. The number of amides is 3. The van der Waals surface area contributed by atoms with E-state index in [9.17, 15) is 9.59 Å². The summed E-state index contributed by atoms with van der Waals surface area (Å²) in [5, 5.41) is 12.7. The minimum absolute atomic E-state index is 0.0358. The summed E-state index contributed by atoms with van der Waals surface area (Å²) < 4.78 is 1.77. The van der Waals surface area contributed by atoms with Gasteiger partial charge in [-0.3, -0.25) is 9.48 Å². The van der Waals surface area contributed by atoms with Gasteiger partial charge in [-0.15, -0.1) is 0 Å². The molecule has 1 aromatic carbocycles. The van der Waals surface area contributed by atoms with Crippen LogP contribution in [0.25, 0.3) is 0 Å². The Labute approximate surface area is 154 Å². The third kappa shape index (κ3) is 5.34. The van der Waals surface area contributed by atoms with Crippen LogP contribution in [-0.4, -0.2) is 21.7 Å². The Bertz CT molecular complexity index is 795. The standard InChI is InChI=1S/C19H27N5O2/c1-12(2)8-18(25)22-16-7-6-13(3)17(9-16)23-19(26)20-10-15-11-21-24(5)14(15)4/h6-7,9,11-12H,8,10H2,1-5H3,(H,22,25)(H2,20,23,26). The summed E-state index contributed by atoms with van der Waals surface area (Å²) in [6.45, 7) is 8.25. The first kappa shape index (κ1) is 19.5. The number of nitrogens with one attached hydrogen (secondary N) is 3. The smallest absolute Gasteiger partial charge is 0.319 e. The molecule has 0 atom stereocenters. The third-order valence-electron chi connectivity index (χ3n) is 4.14. The Morgan fingerprint density at radius 2 is 1.92 bits per heavy atom. The van der Waals surface area contributed by atoms with Crippen molar-refractivity contribution in [2.24, 2.45) is 13.0 Å². The summed E-state index contributed by atoms with van der Waals surface area (Å²) in [6, 6.07) is 5.16. The van der Waals surface area contributed by atoms with Gasteiger partial charge in [0.2, 0.25) is 5.91 Å². The van der Waals surface area contributed by atoms with Crippen molar-refractivity contribution < 1.29 is 9.59 Å². The second kappa shape index (κ2) is 8.51. The first-order valence-corrected chi connectivity index (χ1v) is 8.69. The van der Waals surface area contributed by atoms with Crippen LogP contribution in [0.5, 0.6) is 0 Å². The molecular formula is C19H27N5O2.